The zero-order valence-corrected chi connectivity index (χ0v) is 16.9. The molecular formula is C27H23NO. The van der Waals surface area contributed by atoms with Crippen molar-refractivity contribution in [3.63, 3.8) is 0 Å². The minimum absolute atomic E-state index is 0.0923. The lowest BCUT2D eigenvalue weighted by atomic mass is 9.79. The van der Waals surface area contributed by atoms with Gasteiger partial charge in [-0.2, -0.15) is 0 Å². The lowest BCUT2D eigenvalue weighted by Gasteiger charge is -2.37. The van der Waals surface area contributed by atoms with Crippen LogP contribution >= 0.6 is 0 Å². The van der Waals surface area contributed by atoms with Crippen molar-refractivity contribution in [2.45, 2.75) is 32.4 Å². The highest BCUT2D eigenvalue weighted by Gasteiger charge is 2.35. The van der Waals surface area contributed by atoms with Crippen LogP contribution in [0.15, 0.2) is 66.7 Å². The second-order valence-corrected chi connectivity index (χ2v) is 8.36. The van der Waals surface area contributed by atoms with Crippen LogP contribution in [0.4, 0.5) is 5.69 Å². The molecule has 0 saturated carbocycles. The van der Waals surface area contributed by atoms with E-state index in [-0.39, 0.29) is 11.6 Å². The number of nitrogens with one attached hydrogen (secondary N) is 1. The predicted octanol–water partition coefficient (Wildman–Crippen LogP) is 6.42. The van der Waals surface area contributed by atoms with E-state index in [2.05, 4.69) is 74.5 Å². The number of allylic oxidation sites excluding steroid dienone is 1. The van der Waals surface area contributed by atoms with E-state index in [9.17, 15) is 0 Å². The summed E-state index contributed by atoms with van der Waals surface area (Å²) >= 11 is 0. The van der Waals surface area contributed by atoms with E-state index >= 15 is 0 Å². The van der Waals surface area contributed by atoms with Gasteiger partial charge in [-0.3, -0.25) is 0 Å². The molecule has 1 unspecified atom stereocenters. The Balaban J connectivity index is 1.85. The molecule has 29 heavy (non-hydrogen) atoms. The molecule has 0 radical (unpaired) electrons. The summed E-state index contributed by atoms with van der Waals surface area (Å²) in [5.74, 6) is 3.68. The third-order valence-corrected chi connectivity index (χ3v) is 5.73. The summed E-state index contributed by atoms with van der Waals surface area (Å²) in [6, 6.07) is 20.7. The van der Waals surface area contributed by atoms with Gasteiger partial charge in [0.1, 0.15) is 5.75 Å². The van der Waals surface area contributed by atoms with Gasteiger partial charge in [0, 0.05) is 27.9 Å². The Morgan fingerprint density at radius 1 is 0.966 bits per heavy atom. The molecule has 2 heterocycles. The van der Waals surface area contributed by atoms with Gasteiger partial charge in [-0.15, -0.1) is 6.42 Å². The fraction of sp³-hybridized carbons (Fsp3) is 0.185. The molecule has 3 aromatic carbocycles. The largest absolute Gasteiger partial charge is 0.480 e. The Bertz CT molecular complexity index is 1200. The molecule has 2 aliphatic heterocycles. The fourth-order valence-electron chi connectivity index (χ4n) is 4.71. The third kappa shape index (κ3) is 2.74. The summed E-state index contributed by atoms with van der Waals surface area (Å²) in [6.07, 6.45) is 7.95. The number of hydrogen-bond donors (Lipinski definition) is 1. The third-order valence-electron chi connectivity index (χ3n) is 5.73. The van der Waals surface area contributed by atoms with Crippen LogP contribution in [0.1, 0.15) is 49.1 Å². The average Bonchev–Trinajstić information content (AvgIpc) is 2.71. The van der Waals surface area contributed by atoms with Gasteiger partial charge in [0.25, 0.3) is 0 Å². The average molecular weight is 377 g/mol. The Hall–Kier alpha value is -3.44. The molecule has 1 atom stereocenters. The molecule has 3 aromatic rings. The van der Waals surface area contributed by atoms with Crippen LogP contribution in [0.3, 0.4) is 0 Å². The van der Waals surface area contributed by atoms with Crippen molar-refractivity contribution < 1.29 is 4.74 Å². The van der Waals surface area contributed by atoms with Gasteiger partial charge in [-0.25, -0.2) is 0 Å². The van der Waals surface area contributed by atoms with Gasteiger partial charge in [-0.05, 0) is 55.7 Å². The van der Waals surface area contributed by atoms with E-state index in [0.29, 0.717) is 0 Å². The Labute approximate surface area is 172 Å². The normalized spacial score (nSPS) is 18.1. The monoisotopic (exact) mass is 377 g/mol. The van der Waals surface area contributed by atoms with Crippen LogP contribution in [0.2, 0.25) is 0 Å². The maximum absolute atomic E-state index is 6.60. The summed E-state index contributed by atoms with van der Waals surface area (Å²) in [5.41, 5.74) is 8.86. The summed E-state index contributed by atoms with van der Waals surface area (Å²) in [4.78, 5) is 0. The van der Waals surface area contributed by atoms with Crippen LogP contribution in [-0.4, -0.2) is 5.54 Å². The number of fused-ring (bicyclic) bond motifs is 5. The number of anilines is 1. The number of ether oxygens (including phenoxy) is 1. The van der Waals surface area contributed by atoms with Gasteiger partial charge in [-0.1, -0.05) is 54.5 Å². The zero-order chi connectivity index (χ0) is 20.2. The molecule has 0 aliphatic carbocycles. The number of hydrogen-bond acceptors (Lipinski definition) is 2. The van der Waals surface area contributed by atoms with Crippen LogP contribution in [0, 0.1) is 12.3 Å². The minimum atomic E-state index is -0.187. The molecule has 0 aromatic heterocycles. The Morgan fingerprint density at radius 3 is 2.52 bits per heavy atom. The first-order valence-corrected chi connectivity index (χ1v) is 9.95. The smallest absolute Gasteiger partial charge is 0.150 e. The summed E-state index contributed by atoms with van der Waals surface area (Å²) in [5, 5.41) is 3.67. The Kier molecular flexibility index (Phi) is 3.83. The van der Waals surface area contributed by atoms with E-state index in [0.717, 1.165) is 33.7 Å². The molecule has 0 saturated heterocycles. The number of benzene rings is 3. The van der Waals surface area contributed by atoms with Gasteiger partial charge in [0.2, 0.25) is 0 Å². The van der Waals surface area contributed by atoms with Crippen molar-refractivity contribution in [2.24, 2.45) is 0 Å². The van der Waals surface area contributed by atoms with E-state index in [4.69, 9.17) is 11.2 Å². The molecule has 2 aliphatic rings. The molecule has 0 fully saturated rings. The van der Waals surface area contributed by atoms with Crippen molar-refractivity contribution in [3.8, 4) is 29.2 Å². The molecule has 142 valence electrons. The SMILES string of the molecule is C#Cc1cccc2c1-c1ccc3c(c1C(c1ccccc1)O2)C(C)=CC(C)(C)N3. The van der Waals surface area contributed by atoms with Crippen LogP contribution in [-0.2, 0) is 0 Å². The molecule has 2 heteroatoms. The quantitative estimate of drug-likeness (QED) is 0.494. The topological polar surface area (TPSA) is 21.3 Å². The van der Waals surface area contributed by atoms with Crippen molar-refractivity contribution in [1.82, 2.24) is 0 Å². The first-order chi connectivity index (χ1) is 14.0. The first-order valence-electron chi connectivity index (χ1n) is 9.95. The van der Waals surface area contributed by atoms with Crippen LogP contribution in [0.5, 0.6) is 5.75 Å². The van der Waals surface area contributed by atoms with Gasteiger partial charge < -0.3 is 10.1 Å². The van der Waals surface area contributed by atoms with Crippen molar-refractivity contribution in [3.05, 3.63) is 89.0 Å². The Morgan fingerprint density at radius 2 is 1.76 bits per heavy atom. The van der Waals surface area contributed by atoms with Crippen LogP contribution < -0.4 is 10.1 Å². The molecule has 0 amide bonds. The van der Waals surface area contributed by atoms with Gasteiger partial charge in [0.15, 0.2) is 6.10 Å². The van der Waals surface area contributed by atoms with Gasteiger partial charge in [0.05, 0.1) is 5.54 Å². The fourth-order valence-corrected chi connectivity index (χ4v) is 4.71. The number of rotatable bonds is 1. The second kappa shape index (κ2) is 6.29. The summed E-state index contributed by atoms with van der Waals surface area (Å²) < 4.78 is 6.60. The molecule has 1 N–H and O–H groups in total. The van der Waals surface area contributed by atoms with Gasteiger partial charge >= 0.3 is 0 Å². The molecule has 2 nitrogen and oxygen atoms in total. The van der Waals surface area contributed by atoms with E-state index < -0.39 is 0 Å². The lowest BCUT2D eigenvalue weighted by molar-refractivity contribution is 0.243. The number of terminal acetylenes is 1. The molecule has 0 bridgehead atoms. The predicted molar refractivity (Wildman–Crippen MR) is 120 cm³/mol. The summed E-state index contributed by atoms with van der Waals surface area (Å²) in [7, 11) is 0. The highest BCUT2D eigenvalue weighted by Crippen LogP contribution is 2.51. The van der Waals surface area contributed by atoms with E-state index in [1.54, 1.807) is 0 Å². The van der Waals surface area contributed by atoms with E-state index in [1.807, 2.05) is 24.3 Å². The minimum Gasteiger partial charge on any atom is -0.480 e. The molecule has 5 rings (SSSR count). The first kappa shape index (κ1) is 17.6. The standard InChI is InChI=1S/C27H23NO/c1-5-18-12-9-13-22-24(18)20-14-15-21-23(17(2)16-27(3,4)28-21)25(20)26(29-22)19-10-7-6-8-11-19/h1,6-16,26,28H,2-4H3. The lowest BCUT2D eigenvalue weighted by Crippen LogP contribution is -2.32. The van der Waals surface area contributed by atoms with E-state index in [1.165, 1.54) is 16.7 Å². The maximum atomic E-state index is 6.60. The van der Waals surface area contributed by atoms with Crippen molar-refractivity contribution >= 4 is 11.3 Å². The van der Waals surface area contributed by atoms with Crippen LogP contribution in [0.25, 0.3) is 16.7 Å². The second-order valence-electron chi connectivity index (χ2n) is 8.36. The van der Waals surface area contributed by atoms with Crippen molar-refractivity contribution in [1.29, 1.82) is 0 Å². The maximum Gasteiger partial charge on any atom is 0.150 e. The zero-order valence-electron chi connectivity index (χ0n) is 16.9. The molecule has 0 spiro atoms. The summed E-state index contributed by atoms with van der Waals surface area (Å²) in [6.45, 7) is 6.57. The molecular weight excluding hydrogens is 354 g/mol. The highest BCUT2D eigenvalue weighted by atomic mass is 16.5. The van der Waals surface area contributed by atoms with Crippen molar-refractivity contribution in [2.75, 3.05) is 5.32 Å². The highest BCUT2D eigenvalue weighted by molar-refractivity contribution is 5.91.